The molecule has 1 saturated heterocycles. The van der Waals surface area contributed by atoms with Crippen molar-refractivity contribution in [2.24, 2.45) is 0 Å². The largest absolute Gasteiger partial charge is 0.325 e. The molecule has 0 radical (unpaired) electrons. The van der Waals surface area contributed by atoms with E-state index in [0.717, 1.165) is 12.1 Å². The summed E-state index contributed by atoms with van der Waals surface area (Å²) in [6.45, 7) is 1.74. The number of rotatable bonds is 6. The van der Waals surface area contributed by atoms with E-state index in [4.69, 9.17) is 11.6 Å². The Balaban J connectivity index is 1.50. The van der Waals surface area contributed by atoms with E-state index in [1.165, 1.54) is 4.31 Å². The maximum Gasteiger partial charge on any atom is 0.243 e. The molecule has 6 nitrogen and oxygen atoms in total. The van der Waals surface area contributed by atoms with Gasteiger partial charge in [0, 0.05) is 39.1 Å². The lowest BCUT2D eigenvalue weighted by Crippen LogP contribution is -2.49. The fourth-order valence-electron chi connectivity index (χ4n) is 3.01. The Morgan fingerprint density at radius 2 is 1.72 bits per heavy atom. The zero-order chi connectivity index (χ0) is 21.0. The Bertz CT molecular complexity index is 996. The van der Waals surface area contributed by atoms with Crippen LogP contribution in [0.2, 0.25) is 5.02 Å². The van der Waals surface area contributed by atoms with Crippen LogP contribution in [-0.4, -0.2) is 56.3 Å². The van der Waals surface area contributed by atoms with Gasteiger partial charge in [-0.15, -0.1) is 0 Å². The molecule has 1 fully saturated rings. The van der Waals surface area contributed by atoms with Gasteiger partial charge in [-0.25, -0.2) is 17.2 Å². The molecule has 10 heteroatoms. The van der Waals surface area contributed by atoms with Crippen LogP contribution in [-0.2, 0) is 14.8 Å². The van der Waals surface area contributed by atoms with Crippen LogP contribution in [0.25, 0.3) is 0 Å². The van der Waals surface area contributed by atoms with Crippen LogP contribution in [0.15, 0.2) is 47.4 Å². The highest BCUT2D eigenvalue weighted by Crippen LogP contribution is 2.21. The van der Waals surface area contributed by atoms with Gasteiger partial charge in [-0.3, -0.25) is 4.79 Å². The molecule has 0 unspecified atom stereocenters. The van der Waals surface area contributed by atoms with Crippen LogP contribution in [0.3, 0.4) is 0 Å². The first-order valence-corrected chi connectivity index (χ1v) is 10.8. The third kappa shape index (κ3) is 5.30. The molecule has 1 aliphatic heterocycles. The minimum atomic E-state index is -3.90. The minimum absolute atomic E-state index is 0.185. The number of carbonyl (C=O) groups excluding carboxylic acids is 1. The molecule has 29 heavy (non-hydrogen) atoms. The first-order chi connectivity index (χ1) is 13.8. The van der Waals surface area contributed by atoms with Crippen LogP contribution in [0, 0.1) is 11.6 Å². The summed E-state index contributed by atoms with van der Waals surface area (Å²) < 4.78 is 52.9. The van der Waals surface area contributed by atoms with E-state index >= 15 is 0 Å². The van der Waals surface area contributed by atoms with Gasteiger partial charge in [0.25, 0.3) is 0 Å². The summed E-state index contributed by atoms with van der Waals surface area (Å²) in [5, 5.41) is 3.20. The van der Waals surface area contributed by atoms with Crippen LogP contribution in [0.1, 0.15) is 6.42 Å². The number of nitrogens with zero attached hydrogens (tertiary/aromatic N) is 2. The molecule has 1 N–H and O–H groups in total. The number of nitrogens with one attached hydrogen (secondary N) is 1. The van der Waals surface area contributed by atoms with Gasteiger partial charge in [0.1, 0.15) is 0 Å². The fourth-order valence-corrected chi connectivity index (χ4v) is 4.63. The number of para-hydroxylation sites is 1. The zero-order valence-corrected chi connectivity index (χ0v) is 17.0. The summed E-state index contributed by atoms with van der Waals surface area (Å²) >= 11 is 6.01. The summed E-state index contributed by atoms with van der Waals surface area (Å²) in [7, 11) is -3.90. The molecule has 0 bridgehead atoms. The van der Waals surface area contributed by atoms with Crippen molar-refractivity contribution in [1.82, 2.24) is 9.21 Å². The Hall–Kier alpha value is -2.07. The third-order valence-electron chi connectivity index (χ3n) is 4.66. The number of halogens is 3. The van der Waals surface area contributed by atoms with E-state index < -0.39 is 21.7 Å². The van der Waals surface area contributed by atoms with E-state index in [-0.39, 0.29) is 30.3 Å². The van der Waals surface area contributed by atoms with Crippen molar-refractivity contribution in [2.75, 3.05) is 38.0 Å². The van der Waals surface area contributed by atoms with Gasteiger partial charge >= 0.3 is 0 Å². The van der Waals surface area contributed by atoms with Gasteiger partial charge in [-0.1, -0.05) is 23.7 Å². The van der Waals surface area contributed by atoms with Crippen molar-refractivity contribution in [3.63, 3.8) is 0 Å². The highest BCUT2D eigenvalue weighted by molar-refractivity contribution is 7.89. The number of piperazine rings is 1. The Morgan fingerprint density at radius 1 is 1.03 bits per heavy atom. The quantitative estimate of drug-likeness (QED) is 0.745. The average molecular weight is 444 g/mol. The first kappa shape index (κ1) is 21.6. The van der Waals surface area contributed by atoms with E-state index in [1.54, 1.807) is 24.3 Å². The summed E-state index contributed by atoms with van der Waals surface area (Å²) in [6, 6.07) is 9.48. The first-order valence-electron chi connectivity index (χ1n) is 8.99. The van der Waals surface area contributed by atoms with E-state index in [2.05, 4.69) is 5.32 Å². The Labute approximate surface area is 173 Å². The van der Waals surface area contributed by atoms with Crippen molar-refractivity contribution in [3.8, 4) is 0 Å². The molecule has 1 amide bonds. The molecule has 0 atom stereocenters. The van der Waals surface area contributed by atoms with Gasteiger partial charge in [-0.05, 0) is 30.3 Å². The zero-order valence-electron chi connectivity index (χ0n) is 15.4. The van der Waals surface area contributed by atoms with E-state index in [9.17, 15) is 22.0 Å². The second-order valence-electron chi connectivity index (χ2n) is 6.60. The van der Waals surface area contributed by atoms with Crippen LogP contribution >= 0.6 is 11.6 Å². The number of anilines is 1. The predicted octanol–water partition coefficient (Wildman–Crippen LogP) is 2.95. The molecule has 156 valence electrons. The number of sulfonamides is 1. The molecule has 0 spiro atoms. The number of hydrogen-bond donors (Lipinski definition) is 1. The van der Waals surface area contributed by atoms with Crippen molar-refractivity contribution in [3.05, 3.63) is 59.1 Å². The Morgan fingerprint density at radius 3 is 2.38 bits per heavy atom. The third-order valence-corrected chi connectivity index (χ3v) is 6.89. The highest BCUT2D eigenvalue weighted by Gasteiger charge is 2.29. The van der Waals surface area contributed by atoms with Crippen molar-refractivity contribution in [2.45, 2.75) is 11.3 Å². The molecular weight excluding hydrogens is 424 g/mol. The summed E-state index contributed by atoms with van der Waals surface area (Å²) in [4.78, 5) is 13.8. The van der Waals surface area contributed by atoms with Crippen molar-refractivity contribution in [1.29, 1.82) is 0 Å². The van der Waals surface area contributed by atoms with Gasteiger partial charge in [0.2, 0.25) is 15.9 Å². The van der Waals surface area contributed by atoms with Gasteiger partial charge in [0.15, 0.2) is 11.6 Å². The van der Waals surface area contributed by atoms with Crippen LogP contribution in [0.4, 0.5) is 14.5 Å². The molecule has 3 rings (SSSR count). The minimum Gasteiger partial charge on any atom is -0.325 e. The maximum atomic E-state index is 13.4. The normalized spacial score (nSPS) is 16.0. The van der Waals surface area contributed by atoms with E-state index in [0.29, 0.717) is 36.4 Å². The summed E-state index contributed by atoms with van der Waals surface area (Å²) in [5.74, 6) is -2.48. The number of carbonyl (C=O) groups is 1. The van der Waals surface area contributed by atoms with Crippen LogP contribution < -0.4 is 5.32 Å². The lowest BCUT2D eigenvalue weighted by atomic mass is 10.3. The Kier molecular flexibility index (Phi) is 6.84. The SMILES string of the molecule is O=C(CCN1CCN(S(=O)(=O)c2ccc(F)c(F)c2)CC1)Nc1ccccc1Cl. The molecule has 1 heterocycles. The fraction of sp³-hybridized carbons (Fsp3) is 0.316. The molecule has 0 aromatic heterocycles. The second-order valence-corrected chi connectivity index (χ2v) is 8.94. The number of amides is 1. The van der Waals surface area contributed by atoms with Gasteiger partial charge in [0.05, 0.1) is 15.6 Å². The molecule has 0 aliphatic carbocycles. The molecular formula is C19H20ClF2N3O3S. The van der Waals surface area contributed by atoms with Gasteiger partial charge in [-0.2, -0.15) is 4.31 Å². The molecule has 1 aliphatic rings. The average Bonchev–Trinajstić information content (AvgIpc) is 2.70. The van der Waals surface area contributed by atoms with E-state index in [1.807, 2.05) is 4.90 Å². The predicted molar refractivity (Wildman–Crippen MR) is 106 cm³/mol. The van der Waals surface area contributed by atoms with Crippen molar-refractivity contribution >= 4 is 33.2 Å². The van der Waals surface area contributed by atoms with Crippen LogP contribution in [0.5, 0.6) is 0 Å². The monoisotopic (exact) mass is 443 g/mol. The van der Waals surface area contributed by atoms with Crippen molar-refractivity contribution < 1.29 is 22.0 Å². The molecule has 2 aromatic rings. The maximum absolute atomic E-state index is 13.4. The second kappa shape index (κ2) is 9.17. The molecule has 0 saturated carbocycles. The smallest absolute Gasteiger partial charge is 0.243 e. The lowest BCUT2D eigenvalue weighted by Gasteiger charge is -2.33. The number of benzene rings is 2. The van der Waals surface area contributed by atoms with Gasteiger partial charge < -0.3 is 10.2 Å². The molecule has 2 aromatic carbocycles. The summed E-state index contributed by atoms with van der Waals surface area (Å²) in [6.07, 6.45) is 0.237. The number of hydrogen-bond acceptors (Lipinski definition) is 4. The lowest BCUT2D eigenvalue weighted by molar-refractivity contribution is -0.116. The topological polar surface area (TPSA) is 69.7 Å². The highest BCUT2D eigenvalue weighted by atomic mass is 35.5. The summed E-state index contributed by atoms with van der Waals surface area (Å²) in [5.41, 5.74) is 0.543. The standard InChI is InChI=1S/C19H20ClF2N3O3S/c20-15-3-1-2-4-18(15)23-19(26)7-8-24-9-11-25(12-10-24)29(27,28)14-5-6-16(21)17(22)13-14/h1-6,13H,7-12H2,(H,23,26).